The Morgan fingerprint density at radius 1 is 1.33 bits per heavy atom. The van der Waals surface area contributed by atoms with Gasteiger partial charge >= 0.3 is 0 Å². The zero-order valence-corrected chi connectivity index (χ0v) is 13.6. The lowest BCUT2D eigenvalue weighted by atomic mass is 10.2. The van der Waals surface area contributed by atoms with Crippen LogP contribution in [0.4, 0.5) is 11.4 Å². The highest BCUT2D eigenvalue weighted by molar-refractivity contribution is 7.94. The van der Waals surface area contributed by atoms with Gasteiger partial charge in [0.05, 0.1) is 16.4 Å². The van der Waals surface area contributed by atoms with Gasteiger partial charge in [0.2, 0.25) is 5.91 Å². The second kappa shape index (κ2) is 6.23. The third-order valence-corrected chi connectivity index (χ3v) is 6.09. The molecule has 0 atom stereocenters. The van der Waals surface area contributed by atoms with E-state index in [1.807, 2.05) is 0 Å². The maximum Gasteiger partial charge on any atom is 0.240 e. The number of rotatable bonds is 4. The van der Waals surface area contributed by atoms with Crippen molar-refractivity contribution in [2.45, 2.75) is 4.21 Å². The van der Waals surface area contributed by atoms with Gasteiger partial charge in [0, 0.05) is 5.02 Å². The molecule has 0 aliphatic carbocycles. The monoisotopic (exact) mass is 364 g/mol. The Balaban J connectivity index is 2.17. The maximum absolute atomic E-state index is 12.0. The van der Waals surface area contributed by atoms with E-state index in [1.54, 1.807) is 11.4 Å². The molecular weight excluding hydrogens is 355 g/mol. The summed E-state index contributed by atoms with van der Waals surface area (Å²) in [6, 6.07) is 5.86. The molecule has 0 aliphatic rings. The van der Waals surface area contributed by atoms with Crippen molar-refractivity contribution in [3.05, 3.63) is 39.7 Å². The Morgan fingerprint density at radius 2 is 2.05 bits per heavy atom. The summed E-state index contributed by atoms with van der Waals surface area (Å²) in [6.07, 6.45) is 0. The van der Waals surface area contributed by atoms with Crippen LogP contribution in [0.25, 0.3) is 0 Å². The summed E-state index contributed by atoms with van der Waals surface area (Å²) in [5.74, 6) is -1.41. The van der Waals surface area contributed by atoms with E-state index in [1.165, 1.54) is 18.2 Å². The molecule has 0 fully saturated rings. The fourth-order valence-electron chi connectivity index (χ4n) is 1.59. The van der Waals surface area contributed by atoms with Crippen LogP contribution in [0.5, 0.6) is 0 Å². The number of anilines is 2. The molecule has 0 spiro atoms. The molecule has 1 aromatic carbocycles. The van der Waals surface area contributed by atoms with Crippen LogP contribution in [0.1, 0.15) is 0 Å². The number of nitrogens with two attached hydrogens (primary N) is 1. The Morgan fingerprint density at radius 3 is 2.62 bits per heavy atom. The van der Waals surface area contributed by atoms with Gasteiger partial charge in [-0.3, -0.25) is 4.79 Å². The number of nitrogen functional groups attached to an aromatic ring is 1. The van der Waals surface area contributed by atoms with Gasteiger partial charge in [-0.05, 0) is 23.6 Å². The van der Waals surface area contributed by atoms with Crippen LogP contribution in [-0.4, -0.2) is 20.1 Å². The van der Waals surface area contributed by atoms with Crippen LogP contribution in [0.15, 0.2) is 33.9 Å². The third-order valence-electron chi connectivity index (χ3n) is 2.47. The Kier molecular flexibility index (Phi) is 4.77. The van der Waals surface area contributed by atoms with E-state index in [-0.39, 0.29) is 20.6 Å². The summed E-state index contributed by atoms with van der Waals surface area (Å²) < 4.78 is 24.1. The van der Waals surface area contributed by atoms with Gasteiger partial charge in [0.25, 0.3) is 0 Å². The first-order valence-corrected chi connectivity index (χ1v) is 8.89. The largest absolute Gasteiger partial charge is 0.397 e. The number of nitrogens with one attached hydrogen (secondary N) is 1. The lowest BCUT2D eigenvalue weighted by Crippen LogP contribution is -2.23. The van der Waals surface area contributed by atoms with E-state index in [9.17, 15) is 13.2 Å². The summed E-state index contributed by atoms with van der Waals surface area (Å²) >= 11 is 12.7. The number of hydrogen-bond acceptors (Lipinski definition) is 5. The highest BCUT2D eigenvalue weighted by Crippen LogP contribution is 2.32. The zero-order valence-electron chi connectivity index (χ0n) is 10.5. The molecule has 21 heavy (non-hydrogen) atoms. The predicted molar refractivity (Wildman–Crippen MR) is 85.9 cm³/mol. The summed E-state index contributed by atoms with van der Waals surface area (Å²) in [6.45, 7) is 0. The third kappa shape index (κ3) is 3.88. The average molecular weight is 365 g/mol. The maximum atomic E-state index is 12.0. The smallest absolute Gasteiger partial charge is 0.240 e. The minimum Gasteiger partial charge on any atom is -0.397 e. The summed E-state index contributed by atoms with van der Waals surface area (Å²) in [7, 11) is -3.67. The number of amides is 1. The summed E-state index contributed by atoms with van der Waals surface area (Å²) in [5.41, 5.74) is 6.01. The molecule has 2 aromatic rings. The highest BCUT2D eigenvalue weighted by Gasteiger charge is 2.21. The first-order valence-electron chi connectivity index (χ1n) is 5.60. The van der Waals surface area contributed by atoms with E-state index in [0.717, 1.165) is 11.3 Å². The lowest BCUT2D eigenvalue weighted by Gasteiger charge is -2.10. The predicted octanol–water partition coefficient (Wildman–Crippen LogP) is 3.05. The minimum atomic E-state index is -3.67. The molecule has 9 heteroatoms. The second-order valence-electron chi connectivity index (χ2n) is 4.09. The number of carbonyl (C=O) groups excluding carboxylic acids is 1. The van der Waals surface area contributed by atoms with Crippen molar-refractivity contribution in [3.63, 3.8) is 0 Å². The van der Waals surface area contributed by atoms with E-state index >= 15 is 0 Å². The molecular formula is C12H10Cl2N2O3S2. The van der Waals surface area contributed by atoms with Crippen molar-refractivity contribution in [2.24, 2.45) is 0 Å². The van der Waals surface area contributed by atoms with Gasteiger partial charge in [0.15, 0.2) is 9.84 Å². The van der Waals surface area contributed by atoms with Gasteiger partial charge in [-0.15, -0.1) is 11.3 Å². The molecule has 112 valence electrons. The highest BCUT2D eigenvalue weighted by atomic mass is 35.5. The molecule has 5 nitrogen and oxygen atoms in total. The van der Waals surface area contributed by atoms with Crippen molar-refractivity contribution >= 4 is 61.7 Å². The second-order valence-corrected chi connectivity index (χ2v) is 8.10. The van der Waals surface area contributed by atoms with Crippen molar-refractivity contribution in [1.29, 1.82) is 0 Å². The van der Waals surface area contributed by atoms with Crippen LogP contribution < -0.4 is 11.1 Å². The molecule has 0 saturated heterocycles. The van der Waals surface area contributed by atoms with Crippen molar-refractivity contribution < 1.29 is 13.2 Å². The quantitative estimate of drug-likeness (QED) is 0.815. The van der Waals surface area contributed by atoms with Crippen LogP contribution in [0.2, 0.25) is 10.0 Å². The van der Waals surface area contributed by atoms with E-state index in [2.05, 4.69) is 5.32 Å². The number of halogens is 2. The number of carbonyl (C=O) groups is 1. The molecule has 0 saturated carbocycles. The molecule has 1 amide bonds. The molecule has 1 heterocycles. The number of benzene rings is 1. The van der Waals surface area contributed by atoms with Crippen LogP contribution in [0, 0.1) is 0 Å². The van der Waals surface area contributed by atoms with Crippen molar-refractivity contribution in [1.82, 2.24) is 0 Å². The molecule has 1 aromatic heterocycles. The first-order chi connectivity index (χ1) is 9.79. The Hall–Kier alpha value is -1.28. The minimum absolute atomic E-state index is 0.132. The summed E-state index contributed by atoms with van der Waals surface area (Å²) in [4.78, 5) is 11.9. The van der Waals surface area contributed by atoms with Crippen molar-refractivity contribution in [3.8, 4) is 0 Å². The van der Waals surface area contributed by atoms with Gasteiger partial charge in [-0.25, -0.2) is 8.42 Å². The molecule has 0 unspecified atom stereocenters. The van der Waals surface area contributed by atoms with Crippen LogP contribution >= 0.6 is 34.5 Å². The number of thiophene rings is 1. The fraction of sp³-hybridized carbons (Fsp3) is 0.0833. The number of sulfone groups is 1. The summed E-state index contributed by atoms with van der Waals surface area (Å²) in [5, 5.41) is 4.48. The van der Waals surface area contributed by atoms with Gasteiger partial charge < -0.3 is 11.1 Å². The van der Waals surface area contributed by atoms with E-state index < -0.39 is 21.5 Å². The molecule has 2 rings (SSSR count). The number of hydrogen-bond donors (Lipinski definition) is 2. The Labute approximate surface area is 135 Å². The standard InChI is InChI=1S/C12H10Cl2N2O3S2/c13-7-4-8(14)12(9(15)5-7)16-10(17)6-21(18,19)11-2-1-3-20-11/h1-5H,6,15H2,(H,16,17). The van der Waals surface area contributed by atoms with E-state index in [4.69, 9.17) is 28.9 Å². The topological polar surface area (TPSA) is 89.3 Å². The van der Waals surface area contributed by atoms with Gasteiger partial charge in [-0.1, -0.05) is 29.3 Å². The molecule has 0 bridgehead atoms. The average Bonchev–Trinajstić information content (AvgIpc) is 2.87. The fourth-order valence-corrected chi connectivity index (χ4v) is 4.37. The first kappa shape index (κ1) is 16.1. The van der Waals surface area contributed by atoms with Crippen molar-refractivity contribution in [2.75, 3.05) is 16.8 Å². The SMILES string of the molecule is Nc1cc(Cl)cc(Cl)c1NC(=O)CS(=O)(=O)c1cccs1. The molecule has 0 aliphatic heterocycles. The van der Waals surface area contributed by atoms with Gasteiger partial charge in [0.1, 0.15) is 9.96 Å². The lowest BCUT2D eigenvalue weighted by molar-refractivity contribution is -0.113. The normalized spacial score (nSPS) is 11.3. The zero-order chi connectivity index (χ0) is 15.6. The molecule has 3 N–H and O–H groups in total. The molecule has 0 radical (unpaired) electrons. The van der Waals surface area contributed by atoms with Crippen LogP contribution in [-0.2, 0) is 14.6 Å². The Bertz CT molecular complexity index is 751. The van der Waals surface area contributed by atoms with E-state index in [0.29, 0.717) is 5.02 Å². The van der Waals surface area contributed by atoms with Gasteiger partial charge in [-0.2, -0.15) is 0 Å². The van der Waals surface area contributed by atoms with Crippen LogP contribution in [0.3, 0.4) is 0 Å².